The summed E-state index contributed by atoms with van der Waals surface area (Å²) < 4.78 is 33.4. The van der Waals surface area contributed by atoms with Crippen LogP contribution in [-0.2, 0) is 19.6 Å². The quantitative estimate of drug-likeness (QED) is 0.750. The van der Waals surface area contributed by atoms with Crippen molar-refractivity contribution in [2.24, 2.45) is 5.92 Å². The minimum absolute atomic E-state index is 0.0458. The molecule has 8 heteroatoms. The van der Waals surface area contributed by atoms with Crippen molar-refractivity contribution in [2.45, 2.75) is 38.5 Å². The second kappa shape index (κ2) is 9.55. The van der Waals surface area contributed by atoms with Crippen LogP contribution in [0, 0.1) is 26.7 Å². The first-order valence-electron chi connectivity index (χ1n) is 10.4. The molecule has 0 aromatic heterocycles. The van der Waals surface area contributed by atoms with Gasteiger partial charge in [-0.25, -0.2) is 8.42 Å². The Labute approximate surface area is 174 Å². The third kappa shape index (κ3) is 5.36. The van der Waals surface area contributed by atoms with E-state index in [2.05, 4.69) is 10.2 Å². The summed E-state index contributed by atoms with van der Waals surface area (Å²) in [4.78, 5) is 15.3. The zero-order chi connectivity index (χ0) is 21.0. The number of morpholine rings is 1. The standard InChI is InChI=1S/C21H33N3O4S/c1-16-13-17(2)20(18(3)14-16)29(26,27)24-7-4-5-19(15-24)21(25)22-6-8-23-9-11-28-12-10-23/h13-14,19H,4-12,15H2,1-3H3,(H,22,25)/t19-/m1/s1. The lowest BCUT2D eigenvalue weighted by Crippen LogP contribution is -2.47. The van der Waals surface area contributed by atoms with Crippen molar-refractivity contribution in [3.05, 3.63) is 28.8 Å². The molecule has 1 N–H and O–H groups in total. The number of rotatable bonds is 6. The monoisotopic (exact) mass is 423 g/mol. The van der Waals surface area contributed by atoms with Crippen molar-refractivity contribution in [1.29, 1.82) is 0 Å². The van der Waals surface area contributed by atoms with Crippen LogP contribution in [0.5, 0.6) is 0 Å². The average molecular weight is 424 g/mol. The van der Waals surface area contributed by atoms with Gasteiger partial charge in [0.05, 0.1) is 24.0 Å². The van der Waals surface area contributed by atoms with E-state index in [0.29, 0.717) is 24.4 Å². The Bertz CT molecular complexity index is 811. The van der Waals surface area contributed by atoms with Crippen LogP contribution in [0.15, 0.2) is 17.0 Å². The van der Waals surface area contributed by atoms with E-state index in [0.717, 1.165) is 56.0 Å². The molecule has 2 heterocycles. The number of aryl methyl sites for hydroxylation is 3. The van der Waals surface area contributed by atoms with E-state index in [1.165, 1.54) is 4.31 Å². The smallest absolute Gasteiger partial charge is 0.243 e. The van der Waals surface area contributed by atoms with Gasteiger partial charge in [-0.2, -0.15) is 4.31 Å². The van der Waals surface area contributed by atoms with Gasteiger partial charge in [-0.1, -0.05) is 17.7 Å². The van der Waals surface area contributed by atoms with Gasteiger partial charge in [-0.3, -0.25) is 9.69 Å². The fraction of sp³-hybridized carbons (Fsp3) is 0.667. The second-order valence-electron chi connectivity index (χ2n) is 8.18. The minimum atomic E-state index is -3.61. The summed E-state index contributed by atoms with van der Waals surface area (Å²) in [5.41, 5.74) is 2.58. The van der Waals surface area contributed by atoms with Crippen LogP contribution >= 0.6 is 0 Å². The first kappa shape index (κ1) is 22.2. The zero-order valence-electron chi connectivity index (χ0n) is 17.7. The van der Waals surface area contributed by atoms with Crippen molar-refractivity contribution in [1.82, 2.24) is 14.5 Å². The molecule has 0 bridgehead atoms. The number of benzene rings is 1. The van der Waals surface area contributed by atoms with E-state index in [-0.39, 0.29) is 18.4 Å². The lowest BCUT2D eigenvalue weighted by atomic mass is 9.99. The predicted octanol–water partition coefficient (Wildman–Crippen LogP) is 1.46. The molecular formula is C21H33N3O4S. The zero-order valence-corrected chi connectivity index (χ0v) is 18.6. The molecule has 0 saturated carbocycles. The summed E-state index contributed by atoms with van der Waals surface area (Å²) in [6, 6.07) is 3.80. The molecule has 29 heavy (non-hydrogen) atoms. The highest BCUT2D eigenvalue weighted by Gasteiger charge is 2.34. The molecule has 0 unspecified atom stereocenters. The number of carbonyl (C=O) groups is 1. The van der Waals surface area contributed by atoms with Crippen LogP contribution in [0.1, 0.15) is 29.5 Å². The molecule has 0 radical (unpaired) electrons. The molecule has 7 nitrogen and oxygen atoms in total. The summed E-state index contributed by atoms with van der Waals surface area (Å²) in [6.07, 6.45) is 1.42. The lowest BCUT2D eigenvalue weighted by molar-refractivity contribution is -0.126. The second-order valence-corrected chi connectivity index (χ2v) is 10.0. The highest BCUT2D eigenvalue weighted by Crippen LogP contribution is 2.28. The van der Waals surface area contributed by atoms with Crippen LogP contribution in [0.25, 0.3) is 0 Å². The molecule has 0 spiro atoms. The first-order chi connectivity index (χ1) is 13.8. The Hall–Kier alpha value is -1.48. The topological polar surface area (TPSA) is 79.0 Å². The van der Waals surface area contributed by atoms with Crippen molar-refractivity contribution in [3.8, 4) is 0 Å². The van der Waals surface area contributed by atoms with Gasteiger partial charge >= 0.3 is 0 Å². The normalized spacial score (nSPS) is 21.8. The maximum Gasteiger partial charge on any atom is 0.243 e. The Balaban J connectivity index is 1.61. The van der Waals surface area contributed by atoms with Gasteiger partial charge in [0.1, 0.15) is 0 Å². The molecule has 1 aromatic rings. The number of hydrogen-bond acceptors (Lipinski definition) is 5. The fourth-order valence-electron chi connectivity index (χ4n) is 4.38. The van der Waals surface area contributed by atoms with Crippen molar-refractivity contribution >= 4 is 15.9 Å². The number of hydrogen-bond donors (Lipinski definition) is 1. The summed E-state index contributed by atoms with van der Waals surface area (Å²) in [5.74, 6) is -0.343. The number of nitrogens with zero attached hydrogens (tertiary/aromatic N) is 2. The van der Waals surface area contributed by atoms with Gasteiger partial charge in [-0.15, -0.1) is 0 Å². The maximum absolute atomic E-state index is 13.3. The van der Waals surface area contributed by atoms with Gasteiger partial charge < -0.3 is 10.1 Å². The Morgan fingerprint density at radius 2 is 1.79 bits per heavy atom. The van der Waals surface area contributed by atoms with E-state index in [4.69, 9.17) is 4.74 Å². The lowest BCUT2D eigenvalue weighted by Gasteiger charge is -2.32. The first-order valence-corrected chi connectivity index (χ1v) is 11.9. The molecule has 1 aromatic carbocycles. The summed E-state index contributed by atoms with van der Waals surface area (Å²) in [5, 5.41) is 3.00. The molecule has 3 rings (SSSR count). The summed E-state index contributed by atoms with van der Waals surface area (Å²) >= 11 is 0. The molecule has 1 amide bonds. The molecule has 1 atom stereocenters. The van der Waals surface area contributed by atoms with Gasteiger partial charge in [0, 0.05) is 39.3 Å². The number of ether oxygens (including phenoxy) is 1. The van der Waals surface area contributed by atoms with E-state index < -0.39 is 10.0 Å². The maximum atomic E-state index is 13.3. The molecule has 2 aliphatic heterocycles. The van der Waals surface area contributed by atoms with Crippen molar-refractivity contribution in [3.63, 3.8) is 0 Å². The van der Waals surface area contributed by atoms with E-state index >= 15 is 0 Å². The highest BCUT2D eigenvalue weighted by molar-refractivity contribution is 7.89. The van der Waals surface area contributed by atoms with Crippen LogP contribution < -0.4 is 5.32 Å². The van der Waals surface area contributed by atoms with Crippen molar-refractivity contribution < 1.29 is 17.9 Å². The van der Waals surface area contributed by atoms with Gasteiger partial charge in [0.2, 0.25) is 15.9 Å². The molecule has 0 aliphatic carbocycles. The highest BCUT2D eigenvalue weighted by atomic mass is 32.2. The predicted molar refractivity (Wildman–Crippen MR) is 112 cm³/mol. The Morgan fingerprint density at radius 1 is 1.14 bits per heavy atom. The molecule has 2 fully saturated rings. The third-order valence-electron chi connectivity index (χ3n) is 5.79. The van der Waals surface area contributed by atoms with Crippen molar-refractivity contribution in [2.75, 3.05) is 52.5 Å². The fourth-order valence-corrected chi connectivity index (χ4v) is 6.32. The van der Waals surface area contributed by atoms with Crippen LogP contribution in [0.3, 0.4) is 0 Å². The van der Waals surface area contributed by atoms with Gasteiger partial charge in [-0.05, 0) is 44.7 Å². The molecule has 162 valence electrons. The molecular weight excluding hydrogens is 390 g/mol. The third-order valence-corrected chi connectivity index (χ3v) is 7.96. The largest absolute Gasteiger partial charge is 0.379 e. The van der Waals surface area contributed by atoms with Crippen LogP contribution in [0.4, 0.5) is 0 Å². The Morgan fingerprint density at radius 3 is 2.45 bits per heavy atom. The number of nitrogens with one attached hydrogen (secondary N) is 1. The van der Waals surface area contributed by atoms with Gasteiger partial charge in [0.25, 0.3) is 0 Å². The SMILES string of the molecule is Cc1cc(C)c(S(=O)(=O)N2CCC[C@@H](C(=O)NCCN3CCOCC3)C2)c(C)c1. The van der Waals surface area contributed by atoms with E-state index in [1.54, 1.807) is 0 Å². The molecule has 2 aliphatic rings. The number of amides is 1. The number of piperidine rings is 1. The summed E-state index contributed by atoms with van der Waals surface area (Å²) in [7, 11) is -3.61. The average Bonchev–Trinajstić information content (AvgIpc) is 2.68. The van der Waals surface area contributed by atoms with Gasteiger partial charge in [0.15, 0.2) is 0 Å². The van der Waals surface area contributed by atoms with E-state index in [1.807, 2.05) is 32.9 Å². The van der Waals surface area contributed by atoms with E-state index in [9.17, 15) is 13.2 Å². The number of sulfonamides is 1. The van der Waals surface area contributed by atoms with Crippen LogP contribution in [-0.4, -0.2) is 76.0 Å². The minimum Gasteiger partial charge on any atom is -0.379 e. The summed E-state index contributed by atoms with van der Waals surface area (Å²) in [6.45, 7) is 11.0. The molecule has 2 saturated heterocycles. The van der Waals surface area contributed by atoms with Crippen LogP contribution in [0.2, 0.25) is 0 Å². The Kier molecular flexibility index (Phi) is 7.32. The number of carbonyl (C=O) groups excluding carboxylic acids is 1.